The summed E-state index contributed by atoms with van der Waals surface area (Å²) in [5, 5.41) is 0. The number of halogens is 4. The fourth-order valence-corrected chi connectivity index (χ4v) is 4.27. The van der Waals surface area contributed by atoms with Gasteiger partial charge in [0.05, 0.1) is 10.5 Å². The highest BCUT2D eigenvalue weighted by molar-refractivity contribution is 14.1. The molecule has 0 saturated heterocycles. The van der Waals surface area contributed by atoms with Gasteiger partial charge in [-0.1, -0.05) is 28.7 Å². The summed E-state index contributed by atoms with van der Waals surface area (Å²) in [5.41, 5.74) is -0.0615. The van der Waals surface area contributed by atoms with Crippen molar-refractivity contribution in [2.45, 2.75) is 15.0 Å². The fraction of sp³-hybridized carbons (Fsp3) is 0.250. The monoisotopic (exact) mass is 499 g/mol. The Bertz CT molecular complexity index is 901. The summed E-state index contributed by atoms with van der Waals surface area (Å²) in [7, 11) is -3.92. The van der Waals surface area contributed by atoms with E-state index in [1.165, 1.54) is 0 Å². The number of alkyl halides is 4. The van der Waals surface area contributed by atoms with Crippen molar-refractivity contribution in [2.75, 3.05) is 13.3 Å². The first-order valence-corrected chi connectivity index (χ1v) is 10.1. The van der Waals surface area contributed by atoms with E-state index >= 15 is 0 Å². The molecule has 3 rings (SSSR count). The smallest absolute Gasteiger partial charge is 0.416 e. The molecule has 0 fully saturated rings. The molecule has 0 bridgehead atoms. The molecule has 0 saturated carbocycles. The van der Waals surface area contributed by atoms with Crippen LogP contribution in [-0.4, -0.2) is 21.8 Å². The van der Waals surface area contributed by atoms with E-state index in [0.29, 0.717) is 11.5 Å². The molecule has 5 nitrogen and oxygen atoms in total. The van der Waals surface area contributed by atoms with Gasteiger partial charge < -0.3 is 9.47 Å². The molecule has 140 valence electrons. The minimum absolute atomic E-state index is 0.0730. The topological polar surface area (TPSA) is 64.6 Å². The minimum Gasteiger partial charge on any atom is -0.454 e. The molecular weight excluding hydrogens is 486 g/mol. The summed E-state index contributed by atoms with van der Waals surface area (Å²) in [6, 6.07) is 8.68. The minimum atomic E-state index is -4.51. The zero-order chi connectivity index (χ0) is 18.9. The van der Waals surface area contributed by atoms with Gasteiger partial charge >= 0.3 is 6.18 Å². The first kappa shape index (κ1) is 19.2. The van der Waals surface area contributed by atoms with Crippen LogP contribution in [0.15, 0.2) is 47.4 Å². The molecule has 2 aromatic rings. The third-order valence-corrected chi connectivity index (χ3v) is 6.30. The maximum atomic E-state index is 12.6. The third kappa shape index (κ3) is 4.23. The average Bonchev–Trinajstić information content (AvgIpc) is 3.07. The summed E-state index contributed by atoms with van der Waals surface area (Å²) < 4.78 is 75.0. The van der Waals surface area contributed by atoms with Crippen LogP contribution >= 0.6 is 22.6 Å². The van der Waals surface area contributed by atoms with E-state index in [4.69, 9.17) is 9.47 Å². The van der Waals surface area contributed by atoms with Crippen LogP contribution in [0.4, 0.5) is 13.2 Å². The van der Waals surface area contributed by atoms with E-state index in [0.717, 1.165) is 29.8 Å². The fourth-order valence-electron chi connectivity index (χ4n) is 2.32. The lowest BCUT2D eigenvalue weighted by Gasteiger charge is -2.13. The molecule has 1 unspecified atom stereocenters. The Morgan fingerprint density at radius 2 is 1.73 bits per heavy atom. The number of ether oxygens (including phenoxy) is 2. The Hall–Kier alpha value is -1.53. The van der Waals surface area contributed by atoms with Crippen LogP contribution in [-0.2, 0) is 16.2 Å². The second-order valence-electron chi connectivity index (χ2n) is 5.45. The van der Waals surface area contributed by atoms with Gasteiger partial charge in [0.2, 0.25) is 16.8 Å². The van der Waals surface area contributed by atoms with Crippen LogP contribution in [0, 0.1) is 0 Å². The van der Waals surface area contributed by atoms with Gasteiger partial charge in [-0.2, -0.15) is 13.2 Å². The van der Waals surface area contributed by atoms with E-state index < -0.39 is 21.8 Å². The van der Waals surface area contributed by atoms with Crippen LogP contribution in [0.25, 0.3) is 0 Å². The highest BCUT2D eigenvalue weighted by Gasteiger charge is 2.30. The number of hydrogen-bond donors (Lipinski definition) is 1. The second-order valence-corrected chi connectivity index (χ2v) is 8.72. The van der Waals surface area contributed by atoms with Crippen molar-refractivity contribution >= 4 is 32.6 Å². The molecule has 26 heavy (non-hydrogen) atoms. The lowest BCUT2D eigenvalue weighted by Crippen LogP contribution is -2.27. The molecule has 1 N–H and O–H groups in total. The van der Waals surface area contributed by atoms with E-state index in [1.807, 2.05) is 0 Å². The molecule has 1 heterocycles. The standard InChI is InChI=1S/C16H13F3INO4S/c17-16(18,19)11-2-4-12(5-3-11)26(22,23)21-8-13(20)10-1-6-14-15(7-10)25-9-24-14/h1-7,13,21H,8-9H2. The zero-order valence-electron chi connectivity index (χ0n) is 13.1. The van der Waals surface area contributed by atoms with Gasteiger partial charge in [0.1, 0.15) is 0 Å². The Morgan fingerprint density at radius 3 is 2.38 bits per heavy atom. The molecule has 10 heteroatoms. The van der Waals surface area contributed by atoms with Crippen molar-refractivity contribution in [2.24, 2.45) is 0 Å². The van der Waals surface area contributed by atoms with Crippen molar-refractivity contribution in [3.8, 4) is 11.5 Å². The molecule has 1 aliphatic rings. The number of rotatable bonds is 5. The lowest BCUT2D eigenvalue weighted by molar-refractivity contribution is -0.137. The normalized spacial score (nSPS) is 15.1. The number of sulfonamides is 1. The molecular formula is C16H13F3INO4S. The largest absolute Gasteiger partial charge is 0.454 e. The van der Waals surface area contributed by atoms with Crippen molar-refractivity contribution in [1.82, 2.24) is 4.72 Å². The predicted molar refractivity (Wildman–Crippen MR) is 96.0 cm³/mol. The van der Waals surface area contributed by atoms with E-state index in [9.17, 15) is 21.6 Å². The van der Waals surface area contributed by atoms with Gasteiger partial charge in [0, 0.05) is 10.5 Å². The van der Waals surface area contributed by atoms with Gasteiger partial charge in [-0.25, -0.2) is 13.1 Å². The highest BCUT2D eigenvalue weighted by Crippen LogP contribution is 2.36. The molecule has 0 amide bonds. The molecule has 0 aromatic heterocycles. The summed E-state index contributed by atoms with van der Waals surface area (Å²) >= 11 is 2.08. The Labute approximate surface area is 161 Å². The summed E-state index contributed by atoms with van der Waals surface area (Å²) in [6.07, 6.45) is -4.51. The van der Waals surface area contributed by atoms with Crippen molar-refractivity contribution in [1.29, 1.82) is 0 Å². The lowest BCUT2D eigenvalue weighted by atomic mass is 10.1. The van der Waals surface area contributed by atoms with E-state index in [1.54, 1.807) is 18.2 Å². The Kier molecular flexibility index (Phi) is 5.35. The molecule has 0 aliphatic carbocycles. The van der Waals surface area contributed by atoms with Gasteiger partial charge in [0.15, 0.2) is 11.5 Å². The third-order valence-electron chi connectivity index (χ3n) is 3.70. The van der Waals surface area contributed by atoms with Crippen LogP contribution < -0.4 is 14.2 Å². The summed E-state index contributed by atoms with van der Waals surface area (Å²) in [4.78, 5) is -0.222. The average molecular weight is 499 g/mol. The molecule has 1 aliphatic heterocycles. The number of fused-ring (bicyclic) bond motifs is 1. The maximum absolute atomic E-state index is 12.6. The van der Waals surface area contributed by atoms with E-state index in [-0.39, 0.29) is 22.2 Å². The molecule has 1 atom stereocenters. The van der Waals surface area contributed by atoms with Crippen molar-refractivity contribution < 1.29 is 31.1 Å². The molecule has 0 spiro atoms. The maximum Gasteiger partial charge on any atom is 0.416 e. The van der Waals surface area contributed by atoms with E-state index in [2.05, 4.69) is 27.3 Å². The van der Waals surface area contributed by atoms with Gasteiger partial charge in [-0.3, -0.25) is 0 Å². The van der Waals surface area contributed by atoms with Gasteiger partial charge in [-0.05, 0) is 42.0 Å². The quantitative estimate of drug-likeness (QED) is 0.501. The second kappa shape index (κ2) is 7.24. The summed E-state index contributed by atoms with van der Waals surface area (Å²) in [5.74, 6) is 1.22. The van der Waals surface area contributed by atoms with Gasteiger partial charge in [-0.15, -0.1) is 0 Å². The van der Waals surface area contributed by atoms with Crippen molar-refractivity contribution in [3.63, 3.8) is 0 Å². The van der Waals surface area contributed by atoms with Crippen molar-refractivity contribution in [3.05, 3.63) is 53.6 Å². The number of benzene rings is 2. The number of hydrogen-bond acceptors (Lipinski definition) is 4. The van der Waals surface area contributed by atoms with Crippen LogP contribution in [0.3, 0.4) is 0 Å². The summed E-state index contributed by atoms with van der Waals surface area (Å²) in [6.45, 7) is 0.217. The first-order valence-electron chi connectivity index (χ1n) is 7.37. The van der Waals surface area contributed by atoms with Crippen LogP contribution in [0.2, 0.25) is 0 Å². The Balaban J connectivity index is 1.68. The van der Waals surface area contributed by atoms with Crippen LogP contribution in [0.1, 0.15) is 15.1 Å². The highest BCUT2D eigenvalue weighted by atomic mass is 127. The molecule has 2 aromatic carbocycles. The first-order chi connectivity index (χ1) is 12.2. The zero-order valence-corrected chi connectivity index (χ0v) is 16.1. The van der Waals surface area contributed by atoms with Crippen LogP contribution in [0.5, 0.6) is 11.5 Å². The number of nitrogens with one attached hydrogen (secondary N) is 1. The predicted octanol–water partition coefficient (Wildman–Crippen LogP) is 3.89. The molecule has 0 radical (unpaired) electrons. The SMILES string of the molecule is O=S(=O)(NCC(I)c1ccc2c(c1)OCO2)c1ccc(C(F)(F)F)cc1. The Morgan fingerprint density at radius 1 is 1.08 bits per heavy atom. The van der Waals surface area contributed by atoms with Gasteiger partial charge in [0.25, 0.3) is 0 Å².